The number of hydrogen-bond donors (Lipinski definition) is 1. The van der Waals surface area contributed by atoms with Gasteiger partial charge in [0, 0.05) is 0 Å². The number of amides is 1. The molecule has 3 nitrogen and oxygen atoms in total. The molecule has 0 aromatic heterocycles. The molecule has 0 radical (unpaired) electrons. The predicted molar refractivity (Wildman–Crippen MR) is 64.2 cm³/mol. The first-order valence-electron chi connectivity index (χ1n) is 5.08. The first kappa shape index (κ1) is 13.0. The van der Waals surface area contributed by atoms with Gasteiger partial charge in [-0.05, 0) is 39.0 Å². The number of hydrogen-bond acceptors (Lipinski definition) is 2. The van der Waals surface area contributed by atoms with Crippen molar-refractivity contribution in [2.24, 2.45) is 0 Å². The van der Waals surface area contributed by atoms with Crippen molar-refractivity contribution in [3.63, 3.8) is 0 Å². The smallest absolute Gasteiger partial charge is 0.412 e. The van der Waals surface area contributed by atoms with Crippen LogP contribution in [0.15, 0.2) is 18.2 Å². The van der Waals surface area contributed by atoms with Crippen LogP contribution in [-0.2, 0) is 4.74 Å². The third-order valence-electron chi connectivity index (χ3n) is 1.77. The van der Waals surface area contributed by atoms with E-state index in [0.29, 0.717) is 5.69 Å². The van der Waals surface area contributed by atoms with Crippen LogP contribution in [0, 0.1) is 18.2 Å². The minimum Gasteiger partial charge on any atom is -0.444 e. The number of terminal acetylenes is 1. The summed E-state index contributed by atoms with van der Waals surface area (Å²) in [5.74, 6) is 1.84. The van der Waals surface area contributed by atoms with Crippen LogP contribution in [-0.4, -0.2) is 11.7 Å². The van der Waals surface area contributed by atoms with Gasteiger partial charge in [0.15, 0.2) is 0 Å². The molecular weight excluding hydrogens is 221 g/mol. The van der Waals surface area contributed by atoms with E-state index in [4.69, 9.17) is 11.2 Å². The molecule has 0 aliphatic carbocycles. The van der Waals surface area contributed by atoms with Crippen LogP contribution in [0.2, 0.25) is 0 Å². The summed E-state index contributed by atoms with van der Waals surface area (Å²) >= 11 is 0. The molecule has 1 rings (SSSR count). The third-order valence-corrected chi connectivity index (χ3v) is 1.77. The van der Waals surface area contributed by atoms with E-state index < -0.39 is 17.5 Å². The molecule has 0 saturated carbocycles. The van der Waals surface area contributed by atoms with Crippen molar-refractivity contribution in [1.82, 2.24) is 0 Å². The van der Waals surface area contributed by atoms with Gasteiger partial charge in [-0.15, -0.1) is 6.42 Å². The van der Waals surface area contributed by atoms with Crippen molar-refractivity contribution in [3.05, 3.63) is 29.6 Å². The van der Waals surface area contributed by atoms with Gasteiger partial charge in [0.05, 0.1) is 11.3 Å². The van der Waals surface area contributed by atoms with Gasteiger partial charge in [-0.25, -0.2) is 9.18 Å². The van der Waals surface area contributed by atoms with Crippen LogP contribution in [0.1, 0.15) is 26.3 Å². The Bertz CT molecular complexity index is 469. The van der Waals surface area contributed by atoms with Gasteiger partial charge >= 0.3 is 6.09 Å². The molecule has 0 heterocycles. The van der Waals surface area contributed by atoms with Crippen LogP contribution < -0.4 is 5.32 Å². The van der Waals surface area contributed by atoms with Crippen LogP contribution >= 0.6 is 0 Å². The normalized spacial score (nSPS) is 10.5. The highest BCUT2D eigenvalue weighted by Gasteiger charge is 2.17. The lowest BCUT2D eigenvalue weighted by molar-refractivity contribution is 0.0636. The van der Waals surface area contributed by atoms with E-state index in [0.717, 1.165) is 0 Å². The summed E-state index contributed by atoms with van der Waals surface area (Å²) in [6.45, 7) is 5.25. The fourth-order valence-corrected chi connectivity index (χ4v) is 1.16. The molecule has 1 amide bonds. The van der Waals surface area contributed by atoms with Crippen molar-refractivity contribution in [3.8, 4) is 12.3 Å². The Morgan fingerprint density at radius 1 is 1.47 bits per heavy atom. The lowest BCUT2D eigenvalue weighted by Crippen LogP contribution is -2.27. The van der Waals surface area contributed by atoms with E-state index in [1.165, 1.54) is 18.2 Å². The molecule has 0 aliphatic rings. The SMILES string of the molecule is C#Cc1cc(F)ccc1NC(=O)OC(C)(C)C. The lowest BCUT2D eigenvalue weighted by atomic mass is 10.2. The average Bonchev–Trinajstić information content (AvgIpc) is 2.17. The van der Waals surface area contributed by atoms with Crippen LogP contribution in [0.5, 0.6) is 0 Å². The molecule has 1 aromatic rings. The van der Waals surface area contributed by atoms with Gasteiger partial charge in [-0.1, -0.05) is 5.92 Å². The molecule has 0 spiro atoms. The maximum absolute atomic E-state index is 12.9. The Kier molecular flexibility index (Phi) is 3.74. The molecule has 1 N–H and O–H groups in total. The van der Waals surface area contributed by atoms with Gasteiger partial charge < -0.3 is 4.74 Å². The number of rotatable bonds is 1. The summed E-state index contributed by atoms with van der Waals surface area (Å²) in [5.41, 5.74) is 0.0273. The summed E-state index contributed by atoms with van der Waals surface area (Å²) in [5, 5.41) is 2.47. The van der Waals surface area contributed by atoms with E-state index in [1.807, 2.05) is 0 Å². The molecule has 0 saturated heterocycles. The summed E-state index contributed by atoms with van der Waals surface area (Å²) in [6, 6.07) is 3.79. The monoisotopic (exact) mass is 235 g/mol. The van der Waals surface area contributed by atoms with E-state index >= 15 is 0 Å². The second-order valence-corrected chi connectivity index (χ2v) is 4.46. The Hall–Kier alpha value is -2.02. The molecular formula is C13H14FNO2. The second kappa shape index (κ2) is 4.88. The first-order chi connectivity index (χ1) is 7.81. The van der Waals surface area contributed by atoms with Crippen molar-refractivity contribution in [2.45, 2.75) is 26.4 Å². The van der Waals surface area contributed by atoms with Crippen molar-refractivity contribution >= 4 is 11.8 Å². The Morgan fingerprint density at radius 3 is 2.65 bits per heavy atom. The van der Waals surface area contributed by atoms with Gasteiger partial charge in [-0.3, -0.25) is 5.32 Å². The van der Waals surface area contributed by atoms with Gasteiger partial charge in [0.25, 0.3) is 0 Å². The summed E-state index contributed by atoms with van der Waals surface area (Å²) < 4.78 is 18.0. The van der Waals surface area contributed by atoms with Gasteiger partial charge in [-0.2, -0.15) is 0 Å². The molecule has 0 bridgehead atoms. The van der Waals surface area contributed by atoms with E-state index in [2.05, 4.69) is 11.2 Å². The molecule has 0 aliphatic heterocycles. The number of anilines is 1. The maximum Gasteiger partial charge on any atom is 0.412 e. The zero-order valence-electron chi connectivity index (χ0n) is 10.0. The highest BCUT2D eigenvalue weighted by molar-refractivity contribution is 5.86. The number of nitrogens with one attached hydrogen (secondary N) is 1. The fraction of sp³-hybridized carbons (Fsp3) is 0.308. The van der Waals surface area contributed by atoms with Crippen LogP contribution in [0.25, 0.3) is 0 Å². The molecule has 1 aromatic carbocycles. The first-order valence-corrected chi connectivity index (χ1v) is 5.08. The number of ether oxygens (including phenoxy) is 1. The minimum atomic E-state index is -0.624. The highest BCUT2D eigenvalue weighted by atomic mass is 19.1. The molecule has 17 heavy (non-hydrogen) atoms. The largest absolute Gasteiger partial charge is 0.444 e. The number of carbonyl (C=O) groups is 1. The zero-order chi connectivity index (χ0) is 13.1. The van der Waals surface area contributed by atoms with Gasteiger partial charge in [0.1, 0.15) is 11.4 Å². The van der Waals surface area contributed by atoms with Crippen molar-refractivity contribution in [1.29, 1.82) is 0 Å². The number of benzene rings is 1. The summed E-state index contributed by atoms with van der Waals surface area (Å²) in [4.78, 5) is 11.5. The van der Waals surface area contributed by atoms with Gasteiger partial charge in [0.2, 0.25) is 0 Å². The minimum absolute atomic E-state index is 0.274. The molecule has 90 valence electrons. The maximum atomic E-state index is 12.9. The standard InChI is InChI=1S/C13H14FNO2/c1-5-9-8-10(14)6-7-11(9)15-12(16)17-13(2,3)4/h1,6-8H,2-4H3,(H,15,16). The fourth-order valence-electron chi connectivity index (χ4n) is 1.16. The molecule has 0 fully saturated rings. The van der Waals surface area contributed by atoms with E-state index in [9.17, 15) is 9.18 Å². The average molecular weight is 235 g/mol. The van der Waals surface area contributed by atoms with Crippen molar-refractivity contribution < 1.29 is 13.9 Å². The quantitative estimate of drug-likeness (QED) is 0.759. The Balaban J connectivity index is 2.83. The van der Waals surface area contributed by atoms with E-state index in [1.54, 1.807) is 20.8 Å². The second-order valence-electron chi connectivity index (χ2n) is 4.46. The molecule has 0 unspecified atom stereocenters. The lowest BCUT2D eigenvalue weighted by Gasteiger charge is -2.20. The molecule has 0 atom stereocenters. The molecule has 4 heteroatoms. The third kappa shape index (κ3) is 4.15. The van der Waals surface area contributed by atoms with Crippen LogP contribution in [0.4, 0.5) is 14.9 Å². The highest BCUT2D eigenvalue weighted by Crippen LogP contribution is 2.17. The Labute approximate surface area is 100.0 Å². The predicted octanol–water partition coefficient (Wildman–Crippen LogP) is 3.15. The number of halogens is 1. The topological polar surface area (TPSA) is 38.3 Å². The van der Waals surface area contributed by atoms with Crippen LogP contribution in [0.3, 0.4) is 0 Å². The summed E-state index contributed by atoms with van der Waals surface area (Å²) in [6.07, 6.45) is 4.59. The zero-order valence-corrected chi connectivity index (χ0v) is 10.0. The summed E-state index contributed by atoms with van der Waals surface area (Å²) in [7, 11) is 0. The van der Waals surface area contributed by atoms with Crippen molar-refractivity contribution in [2.75, 3.05) is 5.32 Å². The number of carbonyl (C=O) groups excluding carboxylic acids is 1. The Morgan fingerprint density at radius 2 is 2.12 bits per heavy atom. The van der Waals surface area contributed by atoms with E-state index in [-0.39, 0.29) is 5.56 Å².